The number of aliphatic imine (C=N–C) groups is 1. The van der Waals surface area contributed by atoms with E-state index in [-0.39, 0.29) is 16.1 Å². The number of benzene rings is 1. The Morgan fingerprint density at radius 2 is 2.30 bits per heavy atom. The molecular weight excluding hydrogens is 274 g/mol. The molecule has 1 aromatic rings. The number of non-ortho nitro benzene ring substituents is 1. The van der Waals surface area contributed by atoms with Gasteiger partial charge in [0.25, 0.3) is 5.69 Å². The second kappa shape index (κ2) is 5.09. The Labute approximate surface area is 121 Å². The lowest BCUT2D eigenvalue weighted by Gasteiger charge is -2.44. The van der Waals surface area contributed by atoms with Crippen LogP contribution >= 0.6 is 11.8 Å². The molecule has 106 valence electrons. The Balaban J connectivity index is 2.10. The van der Waals surface area contributed by atoms with Crippen molar-refractivity contribution in [1.29, 1.82) is 0 Å². The number of amidine groups is 1. The maximum Gasteiger partial charge on any atom is 0.269 e. The van der Waals surface area contributed by atoms with E-state index >= 15 is 0 Å². The monoisotopic (exact) mass is 291 g/mol. The van der Waals surface area contributed by atoms with Crippen LogP contribution < -0.4 is 5.73 Å². The Kier molecular flexibility index (Phi) is 3.41. The first-order chi connectivity index (χ1) is 9.62. The van der Waals surface area contributed by atoms with Gasteiger partial charge in [0.1, 0.15) is 0 Å². The molecule has 1 aliphatic heterocycles. The van der Waals surface area contributed by atoms with Gasteiger partial charge in [-0.25, -0.2) is 0 Å². The summed E-state index contributed by atoms with van der Waals surface area (Å²) in [6.45, 7) is 0. The summed E-state index contributed by atoms with van der Waals surface area (Å²) in [6.07, 6.45) is 4.35. The summed E-state index contributed by atoms with van der Waals surface area (Å²) in [4.78, 5) is 15.4. The summed E-state index contributed by atoms with van der Waals surface area (Å²) >= 11 is 1.60. The predicted octanol–water partition coefficient (Wildman–Crippen LogP) is 3.04. The van der Waals surface area contributed by atoms with E-state index in [9.17, 15) is 10.1 Å². The van der Waals surface area contributed by atoms with E-state index in [1.165, 1.54) is 12.5 Å². The van der Waals surface area contributed by atoms with Crippen LogP contribution in [-0.2, 0) is 5.54 Å². The lowest BCUT2D eigenvalue weighted by Crippen LogP contribution is -2.42. The number of nitro groups is 1. The number of nitro benzene ring substituents is 1. The van der Waals surface area contributed by atoms with Crippen molar-refractivity contribution in [2.24, 2.45) is 16.6 Å². The topological polar surface area (TPSA) is 81.5 Å². The zero-order valence-electron chi connectivity index (χ0n) is 11.1. The van der Waals surface area contributed by atoms with Crippen molar-refractivity contribution < 1.29 is 4.92 Å². The molecule has 2 atom stereocenters. The van der Waals surface area contributed by atoms with Crippen LogP contribution in [0.2, 0.25) is 0 Å². The van der Waals surface area contributed by atoms with Crippen LogP contribution in [0.3, 0.4) is 0 Å². The van der Waals surface area contributed by atoms with E-state index in [0.717, 1.165) is 30.6 Å². The SMILES string of the molecule is NC1=N[C@@]2(c3cccc([N+](=O)[O-])c3)CCCC[C@H]2CS1. The largest absolute Gasteiger partial charge is 0.379 e. The summed E-state index contributed by atoms with van der Waals surface area (Å²) in [5.41, 5.74) is 6.67. The maximum absolute atomic E-state index is 11.0. The highest BCUT2D eigenvalue weighted by atomic mass is 32.2. The van der Waals surface area contributed by atoms with E-state index in [0.29, 0.717) is 11.1 Å². The molecule has 0 radical (unpaired) electrons. The van der Waals surface area contributed by atoms with E-state index < -0.39 is 0 Å². The average Bonchev–Trinajstić information content (AvgIpc) is 2.47. The number of nitrogens with two attached hydrogens (primary N) is 1. The van der Waals surface area contributed by atoms with Gasteiger partial charge in [0.2, 0.25) is 0 Å². The quantitative estimate of drug-likeness (QED) is 0.670. The first-order valence-corrected chi connectivity index (χ1v) is 7.83. The van der Waals surface area contributed by atoms with Gasteiger partial charge >= 0.3 is 0 Å². The van der Waals surface area contributed by atoms with Crippen molar-refractivity contribution in [3.8, 4) is 0 Å². The fraction of sp³-hybridized carbons (Fsp3) is 0.500. The summed E-state index contributed by atoms with van der Waals surface area (Å²) in [7, 11) is 0. The predicted molar refractivity (Wildman–Crippen MR) is 80.8 cm³/mol. The van der Waals surface area contributed by atoms with Gasteiger partial charge in [0, 0.05) is 17.9 Å². The van der Waals surface area contributed by atoms with E-state index in [2.05, 4.69) is 0 Å². The molecule has 0 amide bonds. The number of rotatable bonds is 2. The van der Waals surface area contributed by atoms with Crippen LogP contribution in [0, 0.1) is 16.0 Å². The standard InChI is InChI=1S/C14H17N3O2S/c15-13-16-14(7-2-1-4-11(14)9-20-13)10-5-3-6-12(8-10)17(18)19/h3,5-6,8,11H,1-2,4,7,9H2,(H2,15,16)/t11-,14+/m0/s1. The Hall–Kier alpha value is -1.56. The molecule has 1 saturated carbocycles. The smallest absolute Gasteiger partial charge is 0.269 e. The second-order valence-electron chi connectivity index (χ2n) is 5.44. The van der Waals surface area contributed by atoms with Crippen molar-refractivity contribution in [3.63, 3.8) is 0 Å². The van der Waals surface area contributed by atoms with Gasteiger partial charge in [-0.05, 0) is 24.3 Å². The molecule has 2 N–H and O–H groups in total. The summed E-state index contributed by atoms with van der Waals surface area (Å²) in [5.74, 6) is 1.38. The van der Waals surface area contributed by atoms with E-state index in [4.69, 9.17) is 10.7 Å². The minimum Gasteiger partial charge on any atom is -0.379 e. The summed E-state index contributed by atoms with van der Waals surface area (Å²) < 4.78 is 0. The Morgan fingerprint density at radius 3 is 3.10 bits per heavy atom. The Bertz CT molecular complexity index is 575. The molecule has 1 aromatic carbocycles. The fourth-order valence-corrected chi connectivity index (χ4v) is 4.39. The van der Waals surface area contributed by atoms with Crippen molar-refractivity contribution in [3.05, 3.63) is 39.9 Å². The molecular formula is C14H17N3O2S. The van der Waals surface area contributed by atoms with Crippen LogP contribution in [0.5, 0.6) is 0 Å². The zero-order valence-corrected chi connectivity index (χ0v) is 11.9. The molecule has 0 bridgehead atoms. The highest BCUT2D eigenvalue weighted by Crippen LogP contribution is 2.49. The Morgan fingerprint density at radius 1 is 1.45 bits per heavy atom. The van der Waals surface area contributed by atoms with Gasteiger partial charge in [-0.2, -0.15) is 0 Å². The molecule has 3 rings (SSSR count). The number of hydrogen-bond donors (Lipinski definition) is 1. The third-order valence-corrected chi connectivity index (χ3v) is 5.29. The molecule has 2 aliphatic rings. The number of thioether (sulfide) groups is 1. The van der Waals surface area contributed by atoms with Gasteiger partial charge in [-0.1, -0.05) is 36.7 Å². The molecule has 0 unspecified atom stereocenters. The van der Waals surface area contributed by atoms with Gasteiger partial charge in [0.15, 0.2) is 5.17 Å². The molecule has 5 nitrogen and oxygen atoms in total. The van der Waals surface area contributed by atoms with Crippen LogP contribution in [0.15, 0.2) is 29.3 Å². The molecule has 1 fully saturated rings. The van der Waals surface area contributed by atoms with Crippen LogP contribution in [0.1, 0.15) is 31.2 Å². The van der Waals surface area contributed by atoms with Crippen LogP contribution in [-0.4, -0.2) is 15.8 Å². The fourth-order valence-electron chi connectivity index (χ4n) is 3.34. The highest BCUT2D eigenvalue weighted by molar-refractivity contribution is 8.13. The normalized spacial score (nSPS) is 29.4. The molecule has 0 saturated heterocycles. The van der Waals surface area contributed by atoms with Crippen molar-refractivity contribution >= 4 is 22.6 Å². The minimum atomic E-state index is -0.348. The third-order valence-electron chi connectivity index (χ3n) is 4.33. The van der Waals surface area contributed by atoms with Crippen LogP contribution in [0.25, 0.3) is 0 Å². The lowest BCUT2D eigenvalue weighted by atomic mass is 9.70. The van der Waals surface area contributed by atoms with E-state index in [1.807, 2.05) is 6.07 Å². The van der Waals surface area contributed by atoms with Gasteiger partial charge in [0.05, 0.1) is 10.5 Å². The van der Waals surface area contributed by atoms with Crippen LogP contribution in [0.4, 0.5) is 5.69 Å². The molecule has 1 aliphatic carbocycles. The van der Waals surface area contributed by atoms with Gasteiger partial charge in [-0.3, -0.25) is 15.1 Å². The first kappa shape index (κ1) is 13.4. The maximum atomic E-state index is 11.0. The summed E-state index contributed by atoms with van der Waals surface area (Å²) in [6, 6.07) is 6.91. The number of hydrogen-bond acceptors (Lipinski definition) is 5. The van der Waals surface area contributed by atoms with E-state index in [1.54, 1.807) is 23.9 Å². The molecule has 0 spiro atoms. The molecule has 0 aromatic heterocycles. The average molecular weight is 291 g/mol. The number of fused-ring (bicyclic) bond motifs is 1. The van der Waals surface area contributed by atoms with Crippen molar-refractivity contribution in [1.82, 2.24) is 0 Å². The molecule has 1 heterocycles. The lowest BCUT2D eigenvalue weighted by molar-refractivity contribution is -0.385. The third kappa shape index (κ3) is 2.18. The first-order valence-electron chi connectivity index (χ1n) is 6.85. The van der Waals surface area contributed by atoms with Gasteiger partial charge < -0.3 is 5.73 Å². The second-order valence-corrected chi connectivity index (χ2v) is 6.48. The molecule has 20 heavy (non-hydrogen) atoms. The van der Waals surface area contributed by atoms with Crippen molar-refractivity contribution in [2.75, 3.05) is 5.75 Å². The minimum absolute atomic E-state index is 0.133. The zero-order chi connectivity index (χ0) is 14.2. The van der Waals surface area contributed by atoms with Gasteiger partial charge in [-0.15, -0.1) is 0 Å². The summed E-state index contributed by atoms with van der Waals surface area (Å²) in [5, 5.41) is 11.6. The van der Waals surface area contributed by atoms with Crippen molar-refractivity contribution in [2.45, 2.75) is 31.2 Å². The highest BCUT2D eigenvalue weighted by Gasteiger charge is 2.44. The number of nitrogens with zero attached hydrogens (tertiary/aromatic N) is 2. The molecule has 6 heteroatoms.